The van der Waals surface area contributed by atoms with Crippen LogP contribution in [-0.4, -0.2) is 82.8 Å². The third-order valence-electron chi connectivity index (χ3n) is 6.18. The molecule has 1 aromatic carbocycles. The highest BCUT2D eigenvalue weighted by Gasteiger charge is 2.26. The van der Waals surface area contributed by atoms with Crippen molar-refractivity contribution in [1.29, 1.82) is 0 Å². The second kappa shape index (κ2) is 10.2. The lowest BCUT2D eigenvalue weighted by molar-refractivity contribution is 0.0725. The average Bonchev–Trinajstić information content (AvgIpc) is 2.83. The topological polar surface area (TPSA) is 106 Å². The monoisotopic (exact) mass is 465 g/mol. The molecule has 2 aliphatic rings. The quantitative estimate of drug-likeness (QED) is 0.624. The van der Waals surface area contributed by atoms with Crippen LogP contribution in [0, 0.1) is 5.92 Å². The van der Waals surface area contributed by atoms with Crippen molar-refractivity contribution < 1.29 is 22.6 Å². The minimum Gasteiger partial charge on any atom is -0.493 e. The van der Waals surface area contributed by atoms with Crippen LogP contribution in [-0.2, 0) is 14.9 Å². The Kier molecular flexibility index (Phi) is 7.29. The SMILES string of the molecule is COc1cc2ncnc(N3CCC(CCNS(=O)(=O)N4CCOCC4)CC3)c2cc1OC. The number of anilines is 1. The normalized spacial score (nSPS) is 18.8. The van der Waals surface area contributed by atoms with Gasteiger partial charge in [0.2, 0.25) is 0 Å². The fraction of sp³-hybridized carbons (Fsp3) is 0.619. The highest BCUT2D eigenvalue weighted by atomic mass is 32.2. The summed E-state index contributed by atoms with van der Waals surface area (Å²) in [4.78, 5) is 11.2. The van der Waals surface area contributed by atoms with E-state index in [4.69, 9.17) is 14.2 Å². The van der Waals surface area contributed by atoms with Gasteiger partial charge in [0.1, 0.15) is 12.1 Å². The molecule has 32 heavy (non-hydrogen) atoms. The third kappa shape index (κ3) is 5.06. The third-order valence-corrected chi connectivity index (χ3v) is 7.79. The van der Waals surface area contributed by atoms with Crippen LogP contribution in [0.5, 0.6) is 11.5 Å². The van der Waals surface area contributed by atoms with Crippen molar-refractivity contribution >= 4 is 26.9 Å². The van der Waals surface area contributed by atoms with E-state index in [9.17, 15) is 8.42 Å². The van der Waals surface area contributed by atoms with Gasteiger partial charge in [-0.1, -0.05) is 0 Å². The van der Waals surface area contributed by atoms with E-state index in [2.05, 4.69) is 19.6 Å². The molecule has 11 heteroatoms. The second-order valence-electron chi connectivity index (χ2n) is 8.05. The van der Waals surface area contributed by atoms with Crippen molar-refractivity contribution in [3.05, 3.63) is 18.5 Å². The first-order valence-electron chi connectivity index (χ1n) is 11.0. The lowest BCUT2D eigenvalue weighted by Gasteiger charge is -2.33. The summed E-state index contributed by atoms with van der Waals surface area (Å²) in [5.41, 5.74) is 0.812. The first-order chi connectivity index (χ1) is 15.5. The number of morpholine rings is 1. The van der Waals surface area contributed by atoms with Gasteiger partial charge in [0, 0.05) is 44.2 Å². The van der Waals surface area contributed by atoms with Crippen LogP contribution in [0.15, 0.2) is 18.5 Å². The van der Waals surface area contributed by atoms with Crippen molar-refractivity contribution in [2.24, 2.45) is 5.92 Å². The molecule has 10 nitrogen and oxygen atoms in total. The van der Waals surface area contributed by atoms with Crippen LogP contribution in [0.3, 0.4) is 0 Å². The van der Waals surface area contributed by atoms with E-state index >= 15 is 0 Å². The van der Waals surface area contributed by atoms with E-state index in [1.165, 1.54) is 4.31 Å². The molecule has 0 amide bonds. The zero-order valence-corrected chi connectivity index (χ0v) is 19.4. The molecule has 2 saturated heterocycles. The van der Waals surface area contributed by atoms with Gasteiger partial charge in [-0.3, -0.25) is 0 Å². The largest absolute Gasteiger partial charge is 0.493 e. The summed E-state index contributed by atoms with van der Waals surface area (Å²) in [6.07, 6.45) is 4.37. The maximum Gasteiger partial charge on any atom is 0.279 e. The Balaban J connectivity index is 1.34. The zero-order valence-electron chi connectivity index (χ0n) is 18.6. The fourth-order valence-electron chi connectivity index (χ4n) is 4.33. The van der Waals surface area contributed by atoms with E-state index in [1.54, 1.807) is 20.5 Å². The molecule has 4 rings (SSSR count). The van der Waals surface area contributed by atoms with Crippen molar-refractivity contribution in [1.82, 2.24) is 19.0 Å². The van der Waals surface area contributed by atoms with E-state index in [-0.39, 0.29) is 0 Å². The fourth-order valence-corrected chi connectivity index (χ4v) is 5.51. The van der Waals surface area contributed by atoms with Gasteiger partial charge < -0.3 is 19.1 Å². The average molecular weight is 466 g/mol. The van der Waals surface area contributed by atoms with Crippen molar-refractivity contribution in [2.45, 2.75) is 19.3 Å². The van der Waals surface area contributed by atoms with Crippen molar-refractivity contribution in [2.75, 3.05) is 65.1 Å². The summed E-state index contributed by atoms with van der Waals surface area (Å²) < 4.78 is 45.1. The second-order valence-corrected chi connectivity index (χ2v) is 9.81. The van der Waals surface area contributed by atoms with Crippen LogP contribution < -0.4 is 19.1 Å². The van der Waals surface area contributed by atoms with Gasteiger partial charge in [-0.05, 0) is 31.2 Å². The molecule has 0 spiro atoms. The van der Waals surface area contributed by atoms with Crippen LogP contribution in [0.4, 0.5) is 5.82 Å². The van der Waals surface area contributed by atoms with Crippen LogP contribution in [0.25, 0.3) is 10.9 Å². The number of nitrogens with one attached hydrogen (secondary N) is 1. The minimum atomic E-state index is -3.42. The molecule has 0 atom stereocenters. The van der Waals surface area contributed by atoms with Gasteiger partial charge in [0.05, 0.1) is 33.0 Å². The summed E-state index contributed by atoms with van der Waals surface area (Å²) in [5, 5.41) is 0.932. The number of rotatable bonds is 8. The number of hydrogen-bond acceptors (Lipinski definition) is 8. The number of nitrogens with zero attached hydrogens (tertiary/aromatic N) is 4. The number of aromatic nitrogens is 2. The summed E-state index contributed by atoms with van der Waals surface area (Å²) in [7, 11) is -0.195. The molecule has 0 radical (unpaired) electrons. The minimum absolute atomic E-state index is 0.414. The molecule has 1 N–H and O–H groups in total. The lowest BCUT2D eigenvalue weighted by Crippen LogP contribution is -2.47. The maximum absolute atomic E-state index is 12.4. The lowest BCUT2D eigenvalue weighted by atomic mass is 9.93. The first-order valence-corrected chi connectivity index (χ1v) is 12.4. The molecule has 2 aromatic rings. The Morgan fingerprint density at radius 1 is 1.06 bits per heavy atom. The summed E-state index contributed by atoms with van der Waals surface area (Å²) in [6, 6.07) is 3.79. The molecule has 176 valence electrons. The number of fused-ring (bicyclic) bond motifs is 1. The first kappa shape index (κ1) is 23.0. The van der Waals surface area contributed by atoms with Gasteiger partial charge in [-0.15, -0.1) is 0 Å². The van der Waals surface area contributed by atoms with Gasteiger partial charge in [-0.2, -0.15) is 12.7 Å². The number of hydrogen-bond donors (Lipinski definition) is 1. The smallest absolute Gasteiger partial charge is 0.279 e. The van der Waals surface area contributed by atoms with E-state index < -0.39 is 10.2 Å². The number of methoxy groups -OCH3 is 2. The van der Waals surface area contributed by atoms with Crippen molar-refractivity contribution in [3.63, 3.8) is 0 Å². The molecule has 0 saturated carbocycles. The number of ether oxygens (including phenoxy) is 3. The van der Waals surface area contributed by atoms with Gasteiger partial charge in [-0.25, -0.2) is 14.7 Å². The van der Waals surface area contributed by atoms with E-state index in [1.807, 2.05) is 12.1 Å². The molecule has 1 aromatic heterocycles. The Labute approximate surface area is 189 Å². The van der Waals surface area contributed by atoms with Crippen LogP contribution >= 0.6 is 0 Å². The Bertz CT molecular complexity index is 1020. The number of benzene rings is 1. The Morgan fingerprint density at radius 3 is 2.44 bits per heavy atom. The molecular weight excluding hydrogens is 434 g/mol. The predicted molar refractivity (Wildman–Crippen MR) is 122 cm³/mol. The number of piperidine rings is 1. The molecule has 0 bridgehead atoms. The highest BCUT2D eigenvalue weighted by Crippen LogP contribution is 2.35. The van der Waals surface area contributed by atoms with Crippen LogP contribution in [0.2, 0.25) is 0 Å². The van der Waals surface area contributed by atoms with E-state index in [0.717, 1.165) is 49.1 Å². The summed E-state index contributed by atoms with van der Waals surface area (Å²) in [5.74, 6) is 2.66. The maximum atomic E-state index is 12.4. The Morgan fingerprint density at radius 2 is 1.75 bits per heavy atom. The molecule has 0 unspecified atom stereocenters. The molecule has 0 aliphatic carbocycles. The standard InChI is InChI=1S/C21H31N5O5S/c1-29-19-13-17-18(14-20(19)30-2)22-15-23-21(17)25-7-4-16(5-8-25)3-6-24-32(27,28)26-9-11-31-12-10-26/h13-16,24H,3-12H2,1-2H3. The predicted octanol–water partition coefficient (Wildman–Crippen LogP) is 1.42. The zero-order chi connectivity index (χ0) is 22.6. The Hall–Kier alpha value is -2.21. The highest BCUT2D eigenvalue weighted by molar-refractivity contribution is 7.87. The molecule has 3 heterocycles. The van der Waals surface area contributed by atoms with Gasteiger partial charge >= 0.3 is 0 Å². The molecule has 2 aliphatic heterocycles. The molecular formula is C21H31N5O5S. The van der Waals surface area contributed by atoms with E-state index in [0.29, 0.717) is 50.3 Å². The summed E-state index contributed by atoms with van der Waals surface area (Å²) >= 11 is 0. The van der Waals surface area contributed by atoms with Gasteiger partial charge in [0.25, 0.3) is 10.2 Å². The van der Waals surface area contributed by atoms with Crippen LogP contribution in [0.1, 0.15) is 19.3 Å². The summed E-state index contributed by atoms with van der Waals surface area (Å²) in [6.45, 7) is 3.92. The van der Waals surface area contributed by atoms with Gasteiger partial charge in [0.15, 0.2) is 11.5 Å². The van der Waals surface area contributed by atoms with Crippen molar-refractivity contribution in [3.8, 4) is 11.5 Å². The molecule has 2 fully saturated rings.